The normalized spacial score (nSPS) is 12.8. The molecule has 0 aliphatic carbocycles. The van der Waals surface area contributed by atoms with E-state index in [4.69, 9.17) is 58.0 Å². The highest BCUT2D eigenvalue weighted by molar-refractivity contribution is 6.75. The molecule has 6 heteroatoms. The van der Waals surface area contributed by atoms with Crippen molar-refractivity contribution in [3.63, 3.8) is 0 Å². The van der Waals surface area contributed by atoms with Crippen molar-refractivity contribution in [1.82, 2.24) is 0 Å². The van der Waals surface area contributed by atoms with Crippen LogP contribution in [0.1, 0.15) is 17.5 Å². The Bertz CT molecular complexity index is 355. The van der Waals surface area contributed by atoms with Crippen LogP contribution in [0.15, 0.2) is 24.3 Å². The average Bonchev–Trinajstić information content (AvgIpc) is 2.25. The number of hydrogen-bond acceptors (Lipinski definition) is 0. The van der Waals surface area contributed by atoms with Gasteiger partial charge in [-0.1, -0.05) is 82.3 Å². The summed E-state index contributed by atoms with van der Waals surface area (Å²) in [5.41, 5.74) is 1.53. The van der Waals surface area contributed by atoms with Gasteiger partial charge in [0, 0.05) is 0 Å². The maximum absolute atomic E-state index is 10.4. The summed E-state index contributed by atoms with van der Waals surface area (Å²) in [6, 6.07) is 7.03. The van der Waals surface area contributed by atoms with E-state index in [0.29, 0.717) is 12.0 Å². The molecule has 1 radical (unpaired) electrons. The Kier molecular flexibility index (Phi) is 5.71. The first kappa shape index (κ1) is 15.7. The second-order valence-electron chi connectivity index (χ2n) is 3.58. The van der Waals surface area contributed by atoms with Gasteiger partial charge in [-0.05, 0) is 24.0 Å². The van der Waals surface area contributed by atoms with Crippen molar-refractivity contribution in [1.29, 1.82) is 0 Å². The second-order valence-corrected chi connectivity index (χ2v) is 7.19. The van der Waals surface area contributed by atoms with E-state index in [0.717, 1.165) is 12.0 Å². The molecule has 0 atom stereocenters. The molecule has 0 fully saturated rings. The van der Waals surface area contributed by atoms with Gasteiger partial charge in [-0.15, -0.1) is 0 Å². The standard InChI is InChI=1S/C11H10Cl5O/c12-10(13,11(14,15)16)9-5-3-8(4-6-9)2-1-7-17/h3-6H,1-2,7H2. The summed E-state index contributed by atoms with van der Waals surface area (Å²) >= 11 is 29.2. The molecule has 0 N–H and O–H groups in total. The van der Waals surface area contributed by atoms with E-state index >= 15 is 0 Å². The third-order valence-electron chi connectivity index (χ3n) is 2.28. The highest BCUT2D eigenvalue weighted by atomic mass is 35.6. The summed E-state index contributed by atoms with van der Waals surface area (Å²) in [6.45, 7) is -0.0924. The number of rotatable bonds is 4. The molecule has 0 saturated heterocycles. The summed E-state index contributed by atoms with van der Waals surface area (Å²) in [6.07, 6.45) is 1.31. The van der Waals surface area contributed by atoms with E-state index in [1.54, 1.807) is 12.1 Å². The number of halogens is 5. The predicted octanol–water partition coefficient (Wildman–Crippen LogP) is 5.05. The molecule has 0 heterocycles. The SMILES string of the molecule is [O]CCCc1ccc(C(Cl)(Cl)C(Cl)(Cl)Cl)cc1. The Morgan fingerprint density at radius 3 is 1.88 bits per heavy atom. The smallest absolute Gasteiger partial charge is 0.227 e. The topological polar surface area (TPSA) is 19.9 Å². The fraction of sp³-hybridized carbons (Fsp3) is 0.455. The minimum Gasteiger partial charge on any atom is -0.237 e. The fourth-order valence-corrected chi connectivity index (χ4v) is 1.90. The third-order valence-corrected chi connectivity index (χ3v) is 4.72. The van der Waals surface area contributed by atoms with Gasteiger partial charge < -0.3 is 0 Å². The average molecular weight is 335 g/mol. The summed E-state index contributed by atoms with van der Waals surface area (Å²) in [5.74, 6) is 0. The van der Waals surface area contributed by atoms with Gasteiger partial charge in [0.1, 0.15) is 0 Å². The summed E-state index contributed by atoms with van der Waals surface area (Å²) in [7, 11) is 0. The molecular formula is C11H10Cl5O. The van der Waals surface area contributed by atoms with Crippen LogP contribution < -0.4 is 0 Å². The zero-order valence-corrected chi connectivity index (χ0v) is 12.5. The molecule has 1 aromatic rings. The summed E-state index contributed by atoms with van der Waals surface area (Å²) in [4.78, 5) is 0. The van der Waals surface area contributed by atoms with Gasteiger partial charge >= 0.3 is 0 Å². The van der Waals surface area contributed by atoms with Crippen LogP contribution in [0, 0.1) is 0 Å². The summed E-state index contributed by atoms with van der Waals surface area (Å²) < 4.78 is -3.42. The highest BCUT2D eigenvalue weighted by Crippen LogP contribution is 2.52. The largest absolute Gasteiger partial charge is 0.237 e. The van der Waals surface area contributed by atoms with Crippen molar-refractivity contribution in [3.05, 3.63) is 35.4 Å². The van der Waals surface area contributed by atoms with Gasteiger partial charge in [0.2, 0.25) is 3.79 Å². The Morgan fingerprint density at radius 1 is 0.941 bits per heavy atom. The van der Waals surface area contributed by atoms with Crippen molar-refractivity contribution < 1.29 is 5.11 Å². The van der Waals surface area contributed by atoms with E-state index in [1.165, 1.54) is 0 Å². The molecule has 1 nitrogen and oxygen atoms in total. The minimum absolute atomic E-state index is 0.0924. The van der Waals surface area contributed by atoms with E-state index in [9.17, 15) is 5.11 Å². The lowest BCUT2D eigenvalue weighted by molar-refractivity contribution is 0.189. The molecule has 0 aliphatic heterocycles. The quantitative estimate of drug-likeness (QED) is 0.686. The van der Waals surface area contributed by atoms with Gasteiger partial charge in [0.05, 0.1) is 6.61 Å². The van der Waals surface area contributed by atoms with Crippen molar-refractivity contribution >= 4 is 58.0 Å². The number of hydrogen-bond donors (Lipinski definition) is 0. The molecule has 95 valence electrons. The van der Waals surface area contributed by atoms with Crippen LogP contribution in [0.5, 0.6) is 0 Å². The third kappa shape index (κ3) is 4.05. The zero-order chi connectivity index (χ0) is 13.1. The molecule has 1 aromatic carbocycles. The van der Waals surface area contributed by atoms with Gasteiger partial charge in [-0.25, -0.2) is 5.11 Å². The summed E-state index contributed by atoms with van der Waals surface area (Å²) in [5, 5.41) is 10.4. The molecule has 1 rings (SSSR count). The van der Waals surface area contributed by atoms with E-state index in [2.05, 4.69) is 0 Å². The maximum atomic E-state index is 10.4. The van der Waals surface area contributed by atoms with Gasteiger partial charge in [0.25, 0.3) is 0 Å². The van der Waals surface area contributed by atoms with Crippen LogP contribution in [-0.2, 0) is 15.9 Å². The Morgan fingerprint density at radius 2 is 1.47 bits per heavy atom. The molecule has 0 bridgehead atoms. The molecule has 17 heavy (non-hydrogen) atoms. The first-order chi connectivity index (χ1) is 7.79. The predicted molar refractivity (Wildman–Crippen MR) is 74.0 cm³/mol. The first-order valence-electron chi connectivity index (χ1n) is 4.91. The Hall–Kier alpha value is 0.630. The van der Waals surface area contributed by atoms with Crippen LogP contribution in [0.4, 0.5) is 0 Å². The monoisotopic (exact) mass is 333 g/mol. The second kappa shape index (κ2) is 6.18. The number of aryl methyl sites for hydroxylation is 1. The zero-order valence-electron chi connectivity index (χ0n) is 8.73. The lowest BCUT2D eigenvalue weighted by Gasteiger charge is -2.27. The Labute approximate surface area is 126 Å². The lowest BCUT2D eigenvalue weighted by atomic mass is 10.1. The van der Waals surface area contributed by atoms with Gasteiger partial charge in [-0.2, -0.15) is 0 Å². The van der Waals surface area contributed by atoms with E-state index < -0.39 is 8.13 Å². The molecular weight excluding hydrogens is 325 g/mol. The number of benzene rings is 1. The van der Waals surface area contributed by atoms with Crippen molar-refractivity contribution in [2.45, 2.75) is 21.0 Å². The first-order valence-corrected chi connectivity index (χ1v) is 6.80. The van der Waals surface area contributed by atoms with Crippen molar-refractivity contribution in [2.24, 2.45) is 0 Å². The van der Waals surface area contributed by atoms with E-state index in [-0.39, 0.29) is 6.61 Å². The molecule has 0 amide bonds. The fourth-order valence-electron chi connectivity index (χ4n) is 1.32. The van der Waals surface area contributed by atoms with Crippen LogP contribution in [0.25, 0.3) is 0 Å². The Balaban J connectivity index is 2.87. The van der Waals surface area contributed by atoms with Crippen LogP contribution in [-0.4, -0.2) is 10.4 Å². The van der Waals surface area contributed by atoms with Crippen molar-refractivity contribution in [3.8, 4) is 0 Å². The highest BCUT2D eigenvalue weighted by Gasteiger charge is 2.47. The minimum atomic E-state index is -1.81. The van der Waals surface area contributed by atoms with Crippen LogP contribution in [0.3, 0.4) is 0 Å². The van der Waals surface area contributed by atoms with E-state index in [1.807, 2.05) is 12.1 Å². The molecule has 0 spiro atoms. The van der Waals surface area contributed by atoms with Gasteiger partial charge in [0.15, 0.2) is 4.33 Å². The maximum Gasteiger partial charge on any atom is 0.227 e. The molecule has 0 saturated carbocycles. The lowest BCUT2D eigenvalue weighted by Crippen LogP contribution is -2.28. The molecule has 0 aromatic heterocycles. The molecule has 0 aliphatic rings. The molecule has 0 unspecified atom stereocenters. The van der Waals surface area contributed by atoms with Gasteiger partial charge in [-0.3, -0.25) is 0 Å². The van der Waals surface area contributed by atoms with Crippen LogP contribution in [0.2, 0.25) is 0 Å². The van der Waals surface area contributed by atoms with Crippen molar-refractivity contribution in [2.75, 3.05) is 6.61 Å². The van der Waals surface area contributed by atoms with Crippen LogP contribution >= 0.6 is 58.0 Å². The number of alkyl halides is 5.